The highest BCUT2D eigenvalue weighted by Crippen LogP contribution is 2.15. The first-order valence-corrected chi connectivity index (χ1v) is 26.2. The zero-order valence-corrected chi connectivity index (χ0v) is 41.5. The monoisotopic (exact) mass is 889 g/mol. The van der Waals surface area contributed by atoms with Crippen LogP contribution in [0.25, 0.3) is 0 Å². The SMILES string of the molecule is CC/C=C\C/C=C\C/C=C\C/C=C\C/C=C\C/C=C\CCC(=O)OCC(COC(=O)CCCCCCCCCCCCCCC)OC(=O)CCCCCCCCC/C=C\C/C=C\CC. The molecule has 0 aliphatic rings. The van der Waals surface area contributed by atoms with Crippen LogP contribution < -0.4 is 0 Å². The number of rotatable bonds is 46. The summed E-state index contributed by atoms with van der Waals surface area (Å²) >= 11 is 0. The Bertz CT molecular complexity index is 1300. The van der Waals surface area contributed by atoms with Crippen LogP contribution in [0.3, 0.4) is 0 Å². The molecule has 0 N–H and O–H groups in total. The first-order chi connectivity index (χ1) is 31.5. The lowest BCUT2D eigenvalue weighted by Gasteiger charge is -2.18. The minimum atomic E-state index is -0.811. The van der Waals surface area contributed by atoms with Gasteiger partial charge in [-0.15, -0.1) is 0 Å². The second kappa shape index (κ2) is 52.0. The van der Waals surface area contributed by atoms with Crippen LogP contribution in [0.15, 0.2) is 97.2 Å². The van der Waals surface area contributed by atoms with Crippen LogP contribution in [0, 0.1) is 0 Å². The lowest BCUT2D eigenvalue weighted by Crippen LogP contribution is -2.30. The van der Waals surface area contributed by atoms with E-state index in [9.17, 15) is 14.4 Å². The molecule has 64 heavy (non-hydrogen) atoms. The van der Waals surface area contributed by atoms with E-state index in [1.54, 1.807) is 0 Å². The second-order valence-electron chi connectivity index (χ2n) is 17.0. The molecule has 6 nitrogen and oxygen atoms in total. The van der Waals surface area contributed by atoms with E-state index in [2.05, 4.69) is 112 Å². The van der Waals surface area contributed by atoms with Gasteiger partial charge in [-0.05, 0) is 83.5 Å². The molecule has 0 amide bonds. The molecule has 0 rings (SSSR count). The normalized spacial score (nSPS) is 12.9. The molecule has 0 aromatic rings. The molecule has 0 heterocycles. The Morgan fingerprint density at radius 1 is 0.328 bits per heavy atom. The first-order valence-electron chi connectivity index (χ1n) is 26.2. The van der Waals surface area contributed by atoms with Crippen molar-refractivity contribution >= 4 is 17.9 Å². The van der Waals surface area contributed by atoms with Crippen molar-refractivity contribution in [1.29, 1.82) is 0 Å². The number of hydrogen-bond acceptors (Lipinski definition) is 6. The van der Waals surface area contributed by atoms with Gasteiger partial charge >= 0.3 is 17.9 Å². The van der Waals surface area contributed by atoms with Crippen molar-refractivity contribution in [3.05, 3.63) is 97.2 Å². The average molecular weight is 889 g/mol. The Kier molecular flexibility index (Phi) is 49.0. The standard InChI is InChI=1S/C58H96O6/c1-4-7-10-13-16-19-22-25-27-28-29-30-31-34-36-39-42-45-48-51-57(60)63-54-55(53-62-56(59)50-47-44-41-38-35-32-24-21-18-15-12-9-6-3)64-58(61)52-49-46-43-40-37-33-26-23-20-17-14-11-8-5-2/h7-8,10-11,16-17,19-20,25,27,29-30,34,36,42,45,55H,4-6,9,12-15,18,21-24,26,28,31-33,35,37-41,43-44,46-54H2,1-3H3/b10-7-,11-8-,19-16-,20-17-,27-25-,30-29-,36-34-,45-42-. The van der Waals surface area contributed by atoms with Gasteiger partial charge in [-0.1, -0.05) is 227 Å². The molecule has 0 aliphatic heterocycles. The van der Waals surface area contributed by atoms with Crippen LogP contribution in [-0.2, 0) is 28.6 Å². The van der Waals surface area contributed by atoms with Gasteiger partial charge in [-0.3, -0.25) is 14.4 Å². The van der Waals surface area contributed by atoms with Gasteiger partial charge in [-0.2, -0.15) is 0 Å². The number of esters is 3. The van der Waals surface area contributed by atoms with Crippen LogP contribution in [0.1, 0.15) is 233 Å². The van der Waals surface area contributed by atoms with E-state index in [0.717, 1.165) is 96.3 Å². The summed E-state index contributed by atoms with van der Waals surface area (Å²) in [6, 6.07) is 0. The molecule has 0 saturated heterocycles. The van der Waals surface area contributed by atoms with Gasteiger partial charge in [0, 0.05) is 19.3 Å². The van der Waals surface area contributed by atoms with E-state index in [1.807, 2.05) is 6.08 Å². The molecule has 6 heteroatoms. The highest BCUT2D eigenvalue weighted by Gasteiger charge is 2.19. The van der Waals surface area contributed by atoms with Gasteiger partial charge in [0.25, 0.3) is 0 Å². The van der Waals surface area contributed by atoms with E-state index in [4.69, 9.17) is 14.2 Å². The third kappa shape index (κ3) is 49.3. The summed E-state index contributed by atoms with van der Waals surface area (Å²) in [6.45, 7) is 6.34. The molecule has 0 aliphatic carbocycles. The molecule has 1 unspecified atom stereocenters. The van der Waals surface area contributed by atoms with Crippen molar-refractivity contribution < 1.29 is 28.6 Å². The van der Waals surface area contributed by atoms with E-state index in [0.29, 0.717) is 19.3 Å². The van der Waals surface area contributed by atoms with Crippen molar-refractivity contribution in [2.45, 2.75) is 239 Å². The Morgan fingerprint density at radius 3 is 1.05 bits per heavy atom. The van der Waals surface area contributed by atoms with Crippen LogP contribution >= 0.6 is 0 Å². The van der Waals surface area contributed by atoms with Gasteiger partial charge in [0.1, 0.15) is 13.2 Å². The summed E-state index contributed by atoms with van der Waals surface area (Å²) in [5, 5.41) is 0. The predicted octanol–water partition coefficient (Wildman–Crippen LogP) is 17.4. The van der Waals surface area contributed by atoms with E-state index >= 15 is 0 Å². The second-order valence-corrected chi connectivity index (χ2v) is 17.0. The summed E-state index contributed by atoms with van der Waals surface area (Å²) in [6.07, 6.45) is 68.3. The topological polar surface area (TPSA) is 78.9 Å². The van der Waals surface area contributed by atoms with Crippen LogP contribution in [0.5, 0.6) is 0 Å². The van der Waals surface area contributed by atoms with Gasteiger partial charge in [0.05, 0.1) is 0 Å². The lowest BCUT2D eigenvalue weighted by molar-refractivity contribution is -0.166. The van der Waals surface area contributed by atoms with Gasteiger partial charge < -0.3 is 14.2 Å². The quantitative estimate of drug-likeness (QED) is 0.0262. The van der Waals surface area contributed by atoms with Crippen LogP contribution in [-0.4, -0.2) is 37.2 Å². The van der Waals surface area contributed by atoms with Crippen molar-refractivity contribution in [2.75, 3.05) is 13.2 Å². The smallest absolute Gasteiger partial charge is 0.306 e. The molecule has 0 aromatic heterocycles. The summed E-state index contributed by atoms with van der Waals surface area (Å²) in [7, 11) is 0. The summed E-state index contributed by atoms with van der Waals surface area (Å²) in [5.74, 6) is -1.00. The van der Waals surface area contributed by atoms with E-state index < -0.39 is 6.10 Å². The molecule has 0 saturated carbocycles. The average Bonchev–Trinajstić information content (AvgIpc) is 3.29. The van der Waals surface area contributed by atoms with Gasteiger partial charge in [0.2, 0.25) is 0 Å². The lowest BCUT2D eigenvalue weighted by atomic mass is 10.0. The third-order valence-electron chi connectivity index (χ3n) is 10.8. The fraction of sp³-hybridized carbons (Fsp3) is 0.672. The maximum atomic E-state index is 12.8. The molecular formula is C58H96O6. The molecule has 0 fully saturated rings. The fourth-order valence-electron chi connectivity index (χ4n) is 6.98. The third-order valence-corrected chi connectivity index (χ3v) is 10.8. The first kappa shape index (κ1) is 60.3. The maximum absolute atomic E-state index is 12.8. The molecule has 0 aromatic carbocycles. The predicted molar refractivity (Wildman–Crippen MR) is 274 cm³/mol. The maximum Gasteiger partial charge on any atom is 0.306 e. The Hall–Kier alpha value is -3.67. The molecular weight excluding hydrogens is 793 g/mol. The minimum Gasteiger partial charge on any atom is -0.462 e. The number of carbonyl (C=O) groups is 3. The Labute approximate surface area is 394 Å². The number of unbranched alkanes of at least 4 members (excludes halogenated alkanes) is 19. The number of carbonyl (C=O) groups excluding carboxylic acids is 3. The summed E-state index contributed by atoms with van der Waals surface area (Å²) < 4.78 is 16.7. The van der Waals surface area contributed by atoms with Crippen molar-refractivity contribution in [3.8, 4) is 0 Å². The fourth-order valence-corrected chi connectivity index (χ4v) is 6.98. The molecule has 364 valence electrons. The highest BCUT2D eigenvalue weighted by atomic mass is 16.6. The largest absolute Gasteiger partial charge is 0.462 e. The summed E-state index contributed by atoms with van der Waals surface area (Å²) in [4.78, 5) is 38.0. The number of hydrogen-bond donors (Lipinski definition) is 0. The van der Waals surface area contributed by atoms with E-state index in [-0.39, 0.29) is 37.5 Å². The van der Waals surface area contributed by atoms with Crippen molar-refractivity contribution in [1.82, 2.24) is 0 Å². The zero-order chi connectivity index (χ0) is 46.5. The molecule has 0 radical (unpaired) electrons. The molecule has 1 atom stereocenters. The highest BCUT2D eigenvalue weighted by molar-refractivity contribution is 5.71. The minimum absolute atomic E-state index is 0.103. The van der Waals surface area contributed by atoms with Crippen LogP contribution in [0.4, 0.5) is 0 Å². The Balaban J connectivity index is 4.50. The van der Waals surface area contributed by atoms with Crippen LogP contribution in [0.2, 0.25) is 0 Å². The van der Waals surface area contributed by atoms with E-state index in [1.165, 1.54) is 89.9 Å². The number of ether oxygens (including phenoxy) is 3. The zero-order valence-electron chi connectivity index (χ0n) is 41.5. The number of allylic oxidation sites excluding steroid dienone is 16. The summed E-state index contributed by atoms with van der Waals surface area (Å²) in [5.41, 5.74) is 0. The van der Waals surface area contributed by atoms with Gasteiger partial charge in [-0.25, -0.2) is 0 Å². The molecule has 0 bridgehead atoms. The van der Waals surface area contributed by atoms with Crippen molar-refractivity contribution in [3.63, 3.8) is 0 Å². The van der Waals surface area contributed by atoms with Crippen molar-refractivity contribution in [2.24, 2.45) is 0 Å². The van der Waals surface area contributed by atoms with Gasteiger partial charge in [0.15, 0.2) is 6.10 Å². The molecule has 0 spiro atoms. The Morgan fingerprint density at radius 2 is 0.641 bits per heavy atom.